The zero-order valence-corrected chi connectivity index (χ0v) is 21.1. The molecule has 0 unspecified atom stereocenters. The lowest BCUT2D eigenvalue weighted by atomic mass is 9.83. The van der Waals surface area contributed by atoms with E-state index in [0.29, 0.717) is 6.10 Å². The second-order valence-electron chi connectivity index (χ2n) is 11.4. The highest BCUT2D eigenvalue weighted by Crippen LogP contribution is 2.37. The van der Waals surface area contributed by atoms with Crippen LogP contribution in [0.2, 0.25) is 0 Å². The lowest BCUT2D eigenvalue weighted by Gasteiger charge is -2.48. The minimum absolute atomic E-state index is 0.0965. The summed E-state index contributed by atoms with van der Waals surface area (Å²) in [6.45, 7) is 4.40. The van der Waals surface area contributed by atoms with Gasteiger partial charge in [0.2, 0.25) is 0 Å². The van der Waals surface area contributed by atoms with Crippen molar-refractivity contribution in [1.29, 1.82) is 0 Å². The van der Waals surface area contributed by atoms with Crippen molar-refractivity contribution in [3.05, 3.63) is 12.7 Å². The summed E-state index contributed by atoms with van der Waals surface area (Å²) < 4.78 is 11.8. The average molecular weight is 460 g/mol. The summed E-state index contributed by atoms with van der Waals surface area (Å²) in [6.07, 6.45) is 27.0. The van der Waals surface area contributed by atoms with Gasteiger partial charge < -0.3 is 9.47 Å². The van der Waals surface area contributed by atoms with E-state index in [-0.39, 0.29) is 12.1 Å². The van der Waals surface area contributed by atoms with E-state index >= 15 is 0 Å². The number of hydrogen-bond acceptors (Lipinski definition) is 4. The first-order valence-electron chi connectivity index (χ1n) is 14.4. The summed E-state index contributed by atoms with van der Waals surface area (Å²) in [5.41, 5.74) is 0. The molecule has 0 atom stereocenters. The van der Waals surface area contributed by atoms with E-state index in [0.717, 1.165) is 56.3 Å². The lowest BCUT2D eigenvalue weighted by molar-refractivity contribution is -0.144. The van der Waals surface area contributed by atoms with Gasteiger partial charge in [0.15, 0.2) is 0 Å². The molecule has 4 heteroatoms. The monoisotopic (exact) mass is 459 g/mol. The Labute approximate surface area is 202 Å². The van der Waals surface area contributed by atoms with E-state index < -0.39 is 0 Å². The van der Waals surface area contributed by atoms with E-state index in [2.05, 4.69) is 11.5 Å². The fourth-order valence-electron chi connectivity index (χ4n) is 7.31. The Morgan fingerprint density at radius 3 is 1.76 bits per heavy atom. The van der Waals surface area contributed by atoms with Crippen LogP contribution in [0.1, 0.15) is 122 Å². The molecule has 0 heterocycles. The molecule has 4 aliphatic rings. The van der Waals surface area contributed by atoms with Crippen LogP contribution >= 0.6 is 0 Å². The first-order valence-corrected chi connectivity index (χ1v) is 14.4. The number of nitrogens with zero attached hydrogens (tertiary/aromatic N) is 1. The van der Waals surface area contributed by atoms with Crippen molar-refractivity contribution < 1.29 is 14.3 Å². The largest absolute Gasteiger partial charge is 0.459 e. The minimum atomic E-state index is -0.275. The predicted octanol–water partition coefficient (Wildman–Crippen LogP) is 6.96. The number of hydrogen-bond donors (Lipinski definition) is 0. The number of rotatable bonds is 9. The lowest BCUT2D eigenvalue weighted by Crippen LogP contribution is -2.52. The highest BCUT2D eigenvalue weighted by Gasteiger charge is 2.36. The van der Waals surface area contributed by atoms with Crippen molar-refractivity contribution in [2.24, 2.45) is 5.92 Å². The second-order valence-corrected chi connectivity index (χ2v) is 11.4. The molecule has 4 saturated carbocycles. The third kappa shape index (κ3) is 7.56. The molecule has 4 nitrogen and oxygen atoms in total. The molecule has 0 aliphatic heterocycles. The summed E-state index contributed by atoms with van der Waals surface area (Å²) in [4.78, 5) is 14.5. The molecular weight excluding hydrogens is 410 g/mol. The van der Waals surface area contributed by atoms with Gasteiger partial charge in [0, 0.05) is 30.8 Å². The van der Waals surface area contributed by atoms with Gasteiger partial charge in [0.1, 0.15) is 6.10 Å². The number of esters is 1. The number of carbonyl (C=O) groups is 1. The van der Waals surface area contributed by atoms with Gasteiger partial charge in [-0.1, -0.05) is 45.1 Å². The Kier molecular flexibility index (Phi) is 10.2. The van der Waals surface area contributed by atoms with Crippen LogP contribution in [0, 0.1) is 5.92 Å². The molecular formula is C29H49NO3. The molecule has 33 heavy (non-hydrogen) atoms. The molecule has 4 aliphatic carbocycles. The Morgan fingerprint density at radius 1 is 0.697 bits per heavy atom. The predicted molar refractivity (Wildman–Crippen MR) is 134 cm³/mol. The van der Waals surface area contributed by atoms with Crippen molar-refractivity contribution in [3.8, 4) is 0 Å². The first-order chi connectivity index (χ1) is 16.2. The fraction of sp³-hybridized carbons (Fsp3) is 0.897. The molecule has 0 aromatic carbocycles. The third-order valence-corrected chi connectivity index (χ3v) is 9.18. The summed E-state index contributed by atoms with van der Waals surface area (Å²) in [5.74, 6) is 0.455. The Balaban J connectivity index is 1.16. The van der Waals surface area contributed by atoms with Crippen LogP contribution in [0.4, 0.5) is 0 Å². The number of ether oxygens (including phenoxy) is 2. The van der Waals surface area contributed by atoms with Crippen molar-refractivity contribution >= 4 is 5.97 Å². The highest BCUT2D eigenvalue weighted by atomic mass is 16.5. The fourth-order valence-corrected chi connectivity index (χ4v) is 7.31. The van der Waals surface area contributed by atoms with E-state index in [1.165, 1.54) is 102 Å². The van der Waals surface area contributed by atoms with Gasteiger partial charge in [-0.3, -0.25) is 4.90 Å². The van der Waals surface area contributed by atoms with E-state index in [4.69, 9.17) is 9.47 Å². The van der Waals surface area contributed by atoms with Crippen molar-refractivity contribution in [3.63, 3.8) is 0 Å². The smallest absolute Gasteiger partial charge is 0.330 e. The summed E-state index contributed by atoms with van der Waals surface area (Å²) in [6, 6.07) is 2.54. The zero-order chi connectivity index (χ0) is 22.9. The molecule has 0 bridgehead atoms. The third-order valence-electron chi connectivity index (χ3n) is 9.18. The van der Waals surface area contributed by atoms with Crippen LogP contribution in [0.15, 0.2) is 12.7 Å². The summed E-state index contributed by atoms with van der Waals surface area (Å²) in [5, 5.41) is 0. The van der Waals surface area contributed by atoms with Gasteiger partial charge in [-0.05, 0) is 89.4 Å². The molecule has 0 aromatic heterocycles. The normalized spacial score (nSPS) is 32.5. The van der Waals surface area contributed by atoms with Crippen molar-refractivity contribution in [2.75, 3.05) is 6.61 Å². The van der Waals surface area contributed by atoms with Crippen LogP contribution in [0.3, 0.4) is 0 Å². The molecule has 4 rings (SSSR count). The van der Waals surface area contributed by atoms with Crippen molar-refractivity contribution in [2.45, 2.75) is 152 Å². The SMILES string of the molecule is C=CC(=O)OC1CCC(CCOC2CCC(N(C3CCCCC3)C3CCCCC3)CC2)CC1. The zero-order valence-electron chi connectivity index (χ0n) is 21.1. The van der Waals surface area contributed by atoms with Crippen molar-refractivity contribution in [1.82, 2.24) is 4.90 Å². The molecule has 0 radical (unpaired) electrons. The van der Waals surface area contributed by atoms with Crippen LogP contribution in [0.5, 0.6) is 0 Å². The second kappa shape index (κ2) is 13.3. The van der Waals surface area contributed by atoms with Crippen LogP contribution in [-0.2, 0) is 14.3 Å². The van der Waals surface area contributed by atoms with Crippen LogP contribution < -0.4 is 0 Å². The van der Waals surface area contributed by atoms with Crippen LogP contribution in [-0.4, -0.2) is 47.8 Å². The molecule has 188 valence electrons. The van der Waals surface area contributed by atoms with Gasteiger partial charge in [-0.2, -0.15) is 0 Å². The number of carbonyl (C=O) groups excluding carboxylic acids is 1. The maximum absolute atomic E-state index is 11.4. The van der Waals surface area contributed by atoms with E-state index in [1.54, 1.807) is 0 Å². The van der Waals surface area contributed by atoms with Gasteiger partial charge in [0.25, 0.3) is 0 Å². The quantitative estimate of drug-likeness (QED) is 0.276. The van der Waals surface area contributed by atoms with E-state index in [1.807, 2.05) is 0 Å². The maximum Gasteiger partial charge on any atom is 0.330 e. The maximum atomic E-state index is 11.4. The minimum Gasteiger partial charge on any atom is -0.459 e. The molecule has 0 N–H and O–H groups in total. The molecule has 0 aromatic rings. The van der Waals surface area contributed by atoms with Gasteiger partial charge >= 0.3 is 5.97 Å². The Hall–Kier alpha value is -0.870. The summed E-state index contributed by atoms with van der Waals surface area (Å²) in [7, 11) is 0. The first kappa shape index (κ1) is 25.2. The highest BCUT2D eigenvalue weighted by molar-refractivity contribution is 5.81. The van der Waals surface area contributed by atoms with Crippen LogP contribution in [0.25, 0.3) is 0 Å². The van der Waals surface area contributed by atoms with E-state index in [9.17, 15) is 4.79 Å². The summed E-state index contributed by atoms with van der Waals surface area (Å²) >= 11 is 0. The van der Waals surface area contributed by atoms with Gasteiger partial charge in [-0.25, -0.2) is 4.79 Å². The van der Waals surface area contributed by atoms with Gasteiger partial charge in [-0.15, -0.1) is 0 Å². The Morgan fingerprint density at radius 2 is 1.21 bits per heavy atom. The molecule has 0 spiro atoms. The Bertz CT molecular complexity index is 562. The topological polar surface area (TPSA) is 38.8 Å². The standard InChI is InChI=1S/C29H49NO3/c1-2-29(31)33-28-17-13-23(14-18-28)21-22-32-27-19-15-26(16-20-27)30(24-9-5-3-6-10-24)25-11-7-4-8-12-25/h2,23-28H,1,3-22H2. The molecule has 0 saturated heterocycles. The molecule has 0 amide bonds. The van der Waals surface area contributed by atoms with Gasteiger partial charge in [0.05, 0.1) is 6.10 Å². The average Bonchev–Trinajstić information content (AvgIpc) is 2.87. The molecule has 4 fully saturated rings.